The number of nitrogens with one attached hydrogen (secondary N) is 1. The van der Waals surface area contributed by atoms with E-state index in [0.29, 0.717) is 5.92 Å². The van der Waals surface area contributed by atoms with Crippen LogP contribution in [-0.2, 0) is 6.54 Å². The maximum absolute atomic E-state index is 4.79. The largest absolute Gasteiger partial charge is 0.342 e. The molecule has 0 aliphatic carbocycles. The van der Waals surface area contributed by atoms with Crippen LogP contribution in [0.25, 0.3) is 11.0 Å². The predicted molar refractivity (Wildman–Crippen MR) is 89.3 cm³/mol. The maximum atomic E-state index is 4.79. The minimum absolute atomic E-state index is 0.550. The molecular formula is C17H22N6. The zero-order chi connectivity index (χ0) is 15.6. The number of nitrogens with zero attached hydrogens (tertiary/aromatic N) is 5. The van der Waals surface area contributed by atoms with Crippen molar-refractivity contribution in [3.05, 3.63) is 42.2 Å². The van der Waals surface area contributed by atoms with Crippen molar-refractivity contribution >= 4 is 11.0 Å². The Balaban J connectivity index is 1.36. The Morgan fingerprint density at radius 2 is 1.91 bits per heavy atom. The van der Waals surface area contributed by atoms with Crippen LogP contribution in [0.2, 0.25) is 0 Å². The van der Waals surface area contributed by atoms with Crippen molar-refractivity contribution in [1.29, 1.82) is 0 Å². The fourth-order valence-corrected chi connectivity index (χ4v) is 3.36. The van der Waals surface area contributed by atoms with Crippen molar-refractivity contribution in [3.63, 3.8) is 0 Å². The maximum Gasteiger partial charge on any atom is 0.119 e. The van der Waals surface area contributed by atoms with Crippen LogP contribution in [0.5, 0.6) is 0 Å². The molecule has 120 valence electrons. The van der Waals surface area contributed by atoms with Gasteiger partial charge in [0.1, 0.15) is 18.5 Å². The van der Waals surface area contributed by atoms with Crippen molar-refractivity contribution in [3.8, 4) is 0 Å². The summed E-state index contributed by atoms with van der Waals surface area (Å²) in [5, 5.41) is 7.69. The Kier molecular flexibility index (Phi) is 3.83. The van der Waals surface area contributed by atoms with Gasteiger partial charge >= 0.3 is 0 Å². The first-order valence-electron chi connectivity index (χ1n) is 8.29. The third kappa shape index (κ3) is 3.12. The molecule has 1 aliphatic rings. The van der Waals surface area contributed by atoms with Gasteiger partial charge in [0.05, 0.1) is 11.0 Å². The number of hydrogen-bond acceptors (Lipinski definition) is 4. The molecule has 3 aromatic rings. The lowest BCUT2D eigenvalue weighted by molar-refractivity contribution is 0.203. The monoisotopic (exact) mass is 310 g/mol. The molecule has 0 saturated carbocycles. The molecule has 23 heavy (non-hydrogen) atoms. The summed E-state index contributed by atoms with van der Waals surface area (Å²) in [7, 11) is 0. The van der Waals surface area contributed by atoms with Crippen LogP contribution in [0, 0.1) is 6.92 Å². The molecule has 6 nitrogen and oxygen atoms in total. The summed E-state index contributed by atoms with van der Waals surface area (Å²) in [4.78, 5) is 10.8. The second-order valence-electron chi connectivity index (χ2n) is 6.46. The minimum atomic E-state index is 0.550. The van der Waals surface area contributed by atoms with Gasteiger partial charge in [-0.15, -0.1) is 10.2 Å². The first-order valence-corrected chi connectivity index (χ1v) is 8.29. The van der Waals surface area contributed by atoms with Gasteiger partial charge in [0.25, 0.3) is 0 Å². The average molecular weight is 310 g/mol. The van der Waals surface area contributed by atoms with Gasteiger partial charge in [-0.2, -0.15) is 0 Å². The predicted octanol–water partition coefficient (Wildman–Crippen LogP) is 2.34. The second kappa shape index (κ2) is 6.12. The van der Waals surface area contributed by atoms with E-state index in [1.165, 1.54) is 18.4 Å². The van der Waals surface area contributed by atoms with E-state index in [2.05, 4.69) is 45.2 Å². The number of piperidine rings is 1. The van der Waals surface area contributed by atoms with E-state index in [9.17, 15) is 0 Å². The molecule has 1 aromatic carbocycles. The van der Waals surface area contributed by atoms with Crippen LogP contribution in [-0.4, -0.2) is 49.3 Å². The molecule has 0 spiro atoms. The van der Waals surface area contributed by atoms with Crippen LogP contribution in [0.15, 0.2) is 30.9 Å². The van der Waals surface area contributed by atoms with Crippen molar-refractivity contribution in [2.75, 3.05) is 19.6 Å². The summed E-state index contributed by atoms with van der Waals surface area (Å²) in [6.45, 7) is 6.39. The summed E-state index contributed by atoms with van der Waals surface area (Å²) in [6.07, 6.45) is 5.90. The number of H-pyrrole nitrogens is 1. The molecular weight excluding hydrogens is 288 g/mol. The van der Waals surface area contributed by atoms with Gasteiger partial charge in [0, 0.05) is 19.0 Å². The van der Waals surface area contributed by atoms with Crippen LogP contribution in [0.3, 0.4) is 0 Å². The van der Waals surface area contributed by atoms with E-state index < -0.39 is 0 Å². The Hall–Kier alpha value is -2.21. The number of aromatic amines is 1. The number of aromatic nitrogens is 5. The van der Waals surface area contributed by atoms with Crippen molar-refractivity contribution in [1.82, 2.24) is 29.6 Å². The number of rotatable bonds is 4. The number of likely N-dealkylation sites (tertiary alicyclic amines) is 1. The molecule has 6 heteroatoms. The van der Waals surface area contributed by atoms with Gasteiger partial charge in [0.2, 0.25) is 0 Å². The molecule has 4 rings (SSSR count). The van der Waals surface area contributed by atoms with E-state index in [1.807, 2.05) is 4.57 Å². The highest BCUT2D eigenvalue weighted by molar-refractivity contribution is 5.75. The summed E-state index contributed by atoms with van der Waals surface area (Å²) < 4.78 is 2.04. The number of aryl methyl sites for hydroxylation is 1. The van der Waals surface area contributed by atoms with E-state index in [1.54, 1.807) is 12.7 Å². The zero-order valence-corrected chi connectivity index (χ0v) is 13.4. The number of imidazole rings is 1. The lowest BCUT2D eigenvalue weighted by Crippen LogP contribution is -2.35. The van der Waals surface area contributed by atoms with E-state index in [-0.39, 0.29) is 0 Å². The van der Waals surface area contributed by atoms with Crippen LogP contribution >= 0.6 is 0 Å². The Labute approximate surface area is 135 Å². The highest BCUT2D eigenvalue weighted by atomic mass is 15.2. The molecule has 0 unspecified atom stereocenters. The molecule has 1 N–H and O–H groups in total. The van der Waals surface area contributed by atoms with E-state index in [4.69, 9.17) is 4.98 Å². The highest BCUT2D eigenvalue weighted by Gasteiger charge is 2.22. The minimum Gasteiger partial charge on any atom is -0.342 e. The number of hydrogen-bond donors (Lipinski definition) is 1. The molecule has 0 atom stereocenters. The molecule has 0 bridgehead atoms. The lowest BCUT2D eigenvalue weighted by atomic mass is 9.96. The Bertz CT molecular complexity index is 768. The molecule has 1 fully saturated rings. The van der Waals surface area contributed by atoms with Crippen LogP contribution in [0.4, 0.5) is 0 Å². The van der Waals surface area contributed by atoms with Crippen LogP contribution in [0.1, 0.15) is 30.1 Å². The van der Waals surface area contributed by atoms with Crippen molar-refractivity contribution in [2.24, 2.45) is 0 Å². The van der Waals surface area contributed by atoms with E-state index >= 15 is 0 Å². The quantitative estimate of drug-likeness (QED) is 0.803. The van der Waals surface area contributed by atoms with Gasteiger partial charge in [-0.1, -0.05) is 6.07 Å². The highest BCUT2D eigenvalue weighted by Crippen LogP contribution is 2.27. The fraction of sp³-hybridized carbons (Fsp3) is 0.471. The average Bonchev–Trinajstić information content (AvgIpc) is 3.22. The number of fused-ring (bicyclic) bond motifs is 1. The molecule has 0 amide bonds. The van der Waals surface area contributed by atoms with Gasteiger partial charge in [-0.25, -0.2) is 4.98 Å². The SMILES string of the molecule is Cc1ccc2nc(C3CCN(CCn4cnnc4)CC3)[nH]c2c1. The Morgan fingerprint density at radius 1 is 1.13 bits per heavy atom. The zero-order valence-electron chi connectivity index (χ0n) is 13.4. The van der Waals surface area contributed by atoms with Crippen molar-refractivity contribution in [2.45, 2.75) is 32.2 Å². The third-order valence-electron chi connectivity index (χ3n) is 4.77. The third-order valence-corrected chi connectivity index (χ3v) is 4.77. The smallest absolute Gasteiger partial charge is 0.119 e. The van der Waals surface area contributed by atoms with Gasteiger partial charge in [0.15, 0.2) is 0 Å². The fourth-order valence-electron chi connectivity index (χ4n) is 3.36. The summed E-state index contributed by atoms with van der Waals surface area (Å²) >= 11 is 0. The molecule has 1 saturated heterocycles. The molecule has 3 heterocycles. The second-order valence-corrected chi connectivity index (χ2v) is 6.46. The van der Waals surface area contributed by atoms with E-state index in [0.717, 1.165) is 43.0 Å². The standard InChI is InChI=1S/C17H22N6/c1-13-2-3-15-16(10-13)21-17(20-15)14-4-6-22(7-5-14)8-9-23-11-18-19-12-23/h2-3,10-12,14H,4-9H2,1H3,(H,20,21). The molecule has 1 aliphatic heterocycles. The van der Waals surface area contributed by atoms with Gasteiger partial charge in [-0.05, 0) is 50.6 Å². The normalized spacial score (nSPS) is 17.1. The van der Waals surface area contributed by atoms with Gasteiger partial charge in [-0.3, -0.25) is 0 Å². The Morgan fingerprint density at radius 3 is 2.70 bits per heavy atom. The van der Waals surface area contributed by atoms with Crippen molar-refractivity contribution < 1.29 is 0 Å². The lowest BCUT2D eigenvalue weighted by Gasteiger charge is -2.30. The van der Waals surface area contributed by atoms with Gasteiger partial charge < -0.3 is 14.5 Å². The first kappa shape index (κ1) is 14.4. The summed E-state index contributed by atoms with van der Waals surface area (Å²) in [5.41, 5.74) is 3.52. The summed E-state index contributed by atoms with van der Waals surface area (Å²) in [5.74, 6) is 1.71. The first-order chi connectivity index (χ1) is 11.3. The van der Waals surface area contributed by atoms with Crippen LogP contribution < -0.4 is 0 Å². The topological polar surface area (TPSA) is 62.6 Å². The molecule has 2 aromatic heterocycles. The number of benzene rings is 1. The summed E-state index contributed by atoms with van der Waals surface area (Å²) in [6, 6.07) is 6.42. The molecule has 0 radical (unpaired) electrons.